The van der Waals surface area contributed by atoms with Gasteiger partial charge in [0.1, 0.15) is 11.7 Å². The maximum Gasteiger partial charge on any atom is 0.311 e. The number of benzene rings is 1. The number of carbonyl (C=O) groups is 1. The first-order valence-electron chi connectivity index (χ1n) is 6.58. The van der Waals surface area contributed by atoms with Gasteiger partial charge in [0, 0.05) is 5.39 Å². The standard InChI is InChI=1S/C15H16N2O3/c1-9-6-10-4-2-3-5-12(10)16-14(9)17-13-8-20-7-11(13)15(18)19/h2-6,11,13H,7-8H2,1H3,(H,16,17)(H,18,19). The van der Waals surface area contributed by atoms with Crippen molar-refractivity contribution in [2.24, 2.45) is 5.92 Å². The van der Waals surface area contributed by atoms with Crippen molar-refractivity contribution in [1.29, 1.82) is 0 Å². The zero-order valence-electron chi connectivity index (χ0n) is 11.2. The number of ether oxygens (including phenoxy) is 1. The van der Waals surface area contributed by atoms with E-state index < -0.39 is 11.9 Å². The van der Waals surface area contributed by atoms with Crippen molar-refractivity contribution in [3.8, 4) is 0 Å². The number of carboxylic acids is 1. The first-order valence-corrected chi connectivity index (χ1v) is 6.58. The van der Waals surface area contributed by atoms with Crippen molar-refractivity contribution in [3.63, 3.8) is 0 Å². The van der Waals surface area contributed by atoms with Crippen LogP contribution in [-0.2, 0) is 9.53 Å². The van der Waals surface area contributed by atoms with Crippen LogP contribution in [0.2, 0.25) is 0 Å². The van der Waals surface area contributed by atoms with Crippen molar-refractivity contribution in [2.45, 2.75) is 13.0 Å². The van der Waals surface area contributed by atoms with E-state index in [9.17, 15) is 4.79 Å². The monoisotopic (exact) mass is 272 g/mol. The molecule has 1 aliphatic rings. The van der Waals surface area contributed by atoms with Crippen molar-refractivity contribution >= 4 is 22.7 Å². The Hall–Kier alpha value is -2.14. The molecule has 2 heterocycles. The summed E-state index contributed by atoms with van der Waals surface area (Å²) >= 11 is 0. The molecule has 2 N–H and O–H groups in total. The number of aromatic nitrogens is 1. The molecule has 0 spiro atoms. The van der Waals surface area contributed by atoms with Gasteiger partial charge in [0.15, 0.2) is 0 Å². The quantitative estimate of drug-likeness (QED) is 0.894. The molecule has 1 aromatic heterocycles. The zero-order valence-corrected chi connectivity index (χ0v) is 11.2. The third-order valence-electron chi connectivity index (χ3n) is 3.63. The number of rotatable bonds is 3. The predicted octanol–water partition coefficient (Wildman–Crippen LogP) is 2.05. The predicted molar refractivity (Wildman–Crippen MR) is 75.8 cm³/mol. The molecule has 1 fully saturated rings. The van der Waals surface area contributed by atoms with E-state index in [1.54, 1.807) is 0 Å². The molecule has 1 aromatic carbocycles. The number of nitrogens with zero attached hydrogens (tertiary/aromatic N) is 1. The van der Waals surface area contributed by atoms with E-state index in [1.165, 1.54) is 0 Å². The van der Waals surface area contributed by atoms with Gasteiger partial charge in [-0.2, -0.15) is 0 Å². The number of pyridine rings is 1. The Labute approximate surface area is 116 Å². The first kappa shape index (κ1) is 12.9. The van der Waals surface area contributed by atoms with Gasteiger partial charge in [-0.05, 0) is 24.6 Å². The number of hydrogen-bond donors (Lipinski definition) is 2. The van der Waals surface area contributed by atoms with Crippen LogP contribution in [-0.4, -0.2) is 35.3 Å². The number of carboxylic acid groups (broad SMARTS) is 1. The average Bonchev–Trinajstić information content (AvgIpc) is 2.88. The molecule has 5 heteroatoms. The normalized spacial score (nSPS) is 22.1. The van der Waals surface area contributed by atoms with Gasteiger partial charge in [0.25, 0.3) is 0 Å². The number of para-hydroxylation sites is 1. The molecule has 2 aromatic rings. The topological polar surface area (TPSA) is 71.5 Å². The van der Waals surface area contributed by atoms with Gasteiger partial charge in [-0.3, -0.25) is 4.79 Å². The van der Waals surface area contributed by atoms with Crippen LogP contribution in [0.3, 0.4) is 0 Å². The van der Waals surface area contributed by atoms with Gasteiger partial charge in [-0.1, -0.05) is 18.2 Å². The second kappa shape index (κ2) is 5.09. The van der Waals surface area contributed by atoms with E-state index in [1.807, 2.05) is 31.2 Å². The lowest BCUT2D eigenvalue weighted by molar-refractivity contribution is -0.141. The van der Waals surface area contributed by atoms with Crippen LogP contribution >= 0.6 is 0 Å². The number of hydrogen-bond acceptors (Lipinski definition) is 4. The van der Waals surface area contributed by atoms with Gasteiger partial charge in [-0.15, -0.1) is 0 Å². The number of fused-ring (bicyclic) bond motifs is 1. The van der Waals surface area contributed by atoms with Gasteiger partial charge in [0.05, 0.1) is 24.8 Å². The number of aryl methyl sites for hydroxylation is 1. The number of aliphatic carboxylic acids is 1. The molecule has 1 aliphatic heterocycles. The minimum absolute atomic E-state index is 0.236. The average molecular weight is 272 g/mol. The Morgan fingerprint density at radius 1 is 1.40 bits per heavy atom. The highest BCUT2D eigenvalue weighted by Gasteiger charge is 2.34. The molecule has 2 unspecified atom stereocenters. The fraction of sp³-hybridized carbons (Fsp3) is 0.333. The van der Waals surface area contributed by atoms with Crippen molar-refractivity contribution in [3.05, 3.63) is 35.9 Å². The Morgan fingerprint density at radius 3 is 3.00 bits per heavy atom. The van der Waals surface area contributed by atoms with Crippen LogP contribution in [0, 0.1) is 12.8 Å². The van der Waals surface area contributed by atoms with E-state index in [2.05, 4.69) is 16.4 Å². The van der Waals surface area contributed by atoms with E-state index in [-0.39, 0.29) is 12.6 Å². The molecule has 20 heavy (non-hydrogen) atoms. The molecule has 2 atom stereocenters. The van der Waals surface area contributed by atoms with Crippen LogP contribution in [0.25, 0.3) is 10.9 Å². The lowest BCUT2D eigenvalue weighted by Gasteiger charge is -2.18. The lowest BCUT2D eigenvalue weighted by Crippen LogP contribution is -2.33. The molecule has 3 rings (SSSR count). The fourth-order valence-corrected chi connectivity index (χ4v) is 2.48. The zero-order chi connectivity index (χ0) is 14.1. The Balaban J connectivity index is 1.90. The molecule has 1 saturated heterocycles. The second-order valence-corrected chi connectivity index (χ2v) is 5.08. The van der Waals surface area contributed by atoms with Crippen LogP contribution in [0.5, 0.6) is 0 Å². The molecule has 5 nitrogen and oxygen atoms in total. The Bertz CT molecular complexity index is 657. The lowest BCUT2D eigenvalue weighted by atomic mass is 10.0. The molecular weight excluding hydrogens is 256 g/mol. The molecule has 0 radical (unpaired) electrons. The minimum atomic E-state index is -0.835. The molecule has 104 valence electrons. The van der Waals surface area contributed by atoms with Crippen LogP contribution < -0.4 is 5.32 Å². The third kappa shape index (κ3) is 2.32. The maximum absolute atomic E-state index is 11.2. The summed E-state index contributed by atoms with van der Waals surface area (Å²) in [5.41, 5.74) is 1.89. The second-order valence-electron chi connectivity index (χ2n) is 5.08. The summed E-state index contributed by atoms with van der Waals surface area (Å²) < 4.78 is 5.26. The molecule has 0 amide bonds. The molecule has 0 saturated carbocycles. The van der Waals surface area contributed by atoms with Crippen LogP contribution in [0.1, 0.15) is 5.56 Å². The van der Waals surface area contributed by atoms with E-state index in [0.29, 0.717) is 6.61 Å². The summed E-state index contributed by atoms with van der Waals surface area (Å²) in [5, 5.41) is 13.5. The highest BCUT2D eigenvalue weighted by atomic mass is 16.5. The van der Waals surface area contributed by atoms with E-state index in [0.717, 1.165) is 22.3 Å². The summed E-state index contributed by atoms with van der Waals surface area (Å²) in [6.45, 7) is 2.61. The summed E-state index contributed by atoms with van der Waals surface area (Å²) in [6, 6.07) is 9.68. The molecule has 0 bridgehead atoms. The number of nitrogens with one attached hydrogen (secondary N) is 1. The minimum Gasteiger partial charge on any atom is -0.481 e. The van der Waals surface area contributed by atoms with Crippen molar-refractivity contribution < 1.29 is 14.6 Å². The van der Waals surface area contributed by atoms with Crippen LogP contribution in [0.15, 0.2) is 30.3 Å². The van der Waals surface area contributed by atoms with Gasteiger partial charge < -0.3 is 15.2 Å². The highest BCUT2D eigenvalue weighted by Crippen LogP contribution is 2.23. The number of anilines is 1. The van der Waals surface area contributed by atoms with Gasteiger partial charge in [-0.25, -0.2) is 4.98 Å². The fourth-order valence-electron chi connectivity index (χ4n) is 2.48. The van der Waals surface area contributed by atoms with Crippen LogP contribution in [0.4, 0.5) is 5.82 Å². The largest absolute Gasteiger partial charge is 0.481 e. The summed E-state index contributed by atoms with van der Waals surface area (Å²) in [4.78, 5) is 15.7. The smallest absolute Gasteiger partial charge is 0.311 e. The first-order chi connectivity index (χ1) is 9.65. The van der Waals surface area contributed by atoms with Crippen molar-refractivity contribution in [1.82, 2.24) is 4.98 Å². The Kier molecular flexibility index (Phi) is 3.28. The van der Waals surface area contributed by atoms with Gasteiger partial charge in [0.2, 0.25) is 0 Å². The summed E-state index contributed by atoms with van der Waals surface area (Å²) in [5.74, 6) is -0.633. The van der Waals surface area contributed by atoms with Crippen molar-refractivity contribution in [2.75, 3.05) is 18.5 Å². The van der Waals surface area contributed by atoms with E-state index in [4.69, 9.17) is 9.84 Å². The third-order valence-corrected chi connectivity index (χ3v) is 3.63. The molecule has 0 aliphatic carbocycles. The SMILES string of the molecule is Cc1cc2ccccc2nc1NC1COCC1C(=O)O. The van der Waals surface area contributed by atoms with E-state index >= 15 is 0 Å². The van der Waals surface area contributed by atoms with Gasteiger partial charge >= 0.3 is 5.97 Å². The summed E-state index contributed by atoms with van der Waals surface area (Å²) in [6.07, 6.45) is 0. The molecular formula is C15H16N2O3. The summed E-state index contributed by atoms with van der Waals surface area (Å²) in [7, 11) is 0. The highest BCUT2D eigenvalue weighted by molar-refractivity contribution is 5.81. The maximum atomic E-state index is 11.2. The Morgan fingerprint density at radius 2 is 2.20 bits per heavy atom.